The van der Waals surface area contributed by atoms with E-state index in [2.05, 4.69) is 78.6 Å². The second kappa shape index (κ2) is 8.69. The van der Waals surface area contributed by atoms with Crippen molar-refractivity contribution in [2.24, 2.45) is 0 Å². The first-order chi connectivity index (χ1) is 12.8. The van der Waals surface area contributed by atoms with Crippen LogP contribution >= 0.6 is 6.89 Å². The number of hydrogen-bond acceptors (Lipinski definition) is 2. The Kier molecular flexibility index (Phi) is 6.09. The van der Waals surface area contributed by atoms with Crippen LogP contribution in [0.3, 0.4) is 0 Å². The van der Waals surface area contributed by atoms with E-state index in [1.165, 1.54) is 15.9 Å². The number of carbonyl (C=O) groups excluding carboxylic acids is 1. The van der Waals surface area contributed by atoms with Gasteiger partial charge in [-0.2, -0.15) is 0 Å². The molecule has 0 aliphatic carbocycles. The molecule has 0 aliphatic heterocycles. The molecule has 3 heteroatoms. The summed E-state index contributed by atoms with van der Waals surface area (Å²) in [5, 5.41) is 3.76. The SMILES string of the molecule is CCC(=O)OCC=P(c1ccccc1)(c1ccccc1)c1ccccc1. The van der Waals surface area contributed by atoms with Gasteiger partial charge < -0.3 is 4.74 Å². The van der Waals surface area contributed by atoms with Crippen molar-refractivity contribution in [2.45, 2.75) is 13.3 Å². The quantitative estimate of drug-likeness (QED) is 0.493. The van der Waals surface area contributed by atoms with Gasteiger partial charge in [0.05, 0.1) is 0 Å². The Labute approximate surface area is 155 Å². The zero-order valence-corrected chi connectivity index (χ0v) is 15.8. The van der Waals surface area contributed by atoms with Crippen molar-refractivity contribution >= 4 is 34.6 Å². The molecule has 0 bridgehead atoms. The van der Waals surface area contributed by atoms with E-state index in [-0.39, 0.29) is 5.97 Å². The van der Waals surface area contributed by atoms with E-state index in [0.29, 0.717) is 13.0 Å². The highest BCUT2D eigenvalue weighted by Crippen LogP contribution is 2.43. The zero-order chi connectivity index (χ0) is 18.2. The second-order valence-corrected chi connectivity index (χ2v) is 9.31. The van der Waals surface area contributed by atoms with Crippen molar-refractivity contribution < 1.29 is 9.53 Å². The van der Waals surface area contributed by atoms with Crippen LogP contribution in [0.2, 0.25) is 0 Å². The lowest BCUT2D eigenvalue weighted by molar-refractivity contribution is -0.141. The Morgan fingerprint density at radius 3 is 1.50 bits per heavy atom. The van der Waals surface area contributed by atoms with Crippen LogP contribution in [0.1, 0.15) is 13.3 Å². The molecular weight excluding hydrogens is 339 g/mol. The molecule has 0 amide bonds. The number of benzene rings is 3. The molecule has 0 unspecified atom stereocenters. The lowest BCUT2D eigenvalue weighted by Gasteiger charge is -2.28. The third kappa shape index (κ3) is 3.81. The van der Waals surface area contributed by atoms with Crippen LogP contribution in [0.25, 0.3) is 0 Å². The molecule has 0 atom stereocenters. The normalized spacial score (nSPS) is 11.0. The first kappa shape index (κ1) is 18.2. The van der Waals surface area contributed by atoms with E-state index in [0.717, 1.165) is 0 Å². The maximum Gasteiger partial charge on any atom is 0.305 e. The van der Waals surface area contributed by atoms with E-state index in [4.69, 9.17) is 4.74 Å². The zero-order valence-electron chi connectivity index (χ0n) is 14.9. The van der Waals surface area contributed by atoms with Crippen LogP contribution in [-0.2, 0) is 9.53 Å². The highest BCUT2D eigenvalue weighted by atomic mass is 31.2. The second-order valence-electron chi connectivity index (χ2n) is 5.95. The third-order valence-electron chi connectivity index (χ3n) is 4.37. The molecular formula is C23H23O2P. The van der Waals surface area contributed by atoms with E-state index < -0.39 is 6.89 Å². The number of hydrogen-bond donors (Lipinski definition) is 0. The Bertz CT molecular complexity index is 784. The molecule has 0 aliphatic rings. The predicted molar refractivity (Wildman–Crippen MR) is 112 cm³/mol. The first-order valence-electron chi connectivity index (χ1n) is 8.83. The fourth-order valence-corrected chi connectivity index (χ4v) is 6.85. The van der Waals surface area contributed by atoms with Crippen molar-refractivity contribution in [1.82, 2.24) is 0 Å². The largest absolute Gasteiger partial charge is 0.461 e. The Morgan fingerprint density at radius 1 is 0.769 bits per heavy atom. The molecule has 0 spiro atoms. The van der Waals surface area contributed by atoms with Crippen LogP contribution in [0.5, 0.6) is 0 Å². The average molecular weight is 362 g/mol. The molecule has 0 fully saturated rings. The summed E-state index contributed by atoms with van der Waals surface area (Å²) in [7, 11) is 0. The Morgan fingerprint density at radius 2 is 1.15 bits per heavy atom. The smallest absolute Gasteiger partial charge is 0.305 e. The first-order valence-corrected chi connectivity index (χ1v) is 10.7. The molecule has 26 heavy (non-hydrogen) atoms. The van der Waals surface area contributed by atoms with Gasteiger partial charge in [-0.25, -0.2) is 0 Å². The summed E-state index contributed by atoms with van der Waals surface area (Å²) in [5.41, 5.74) is 0. The summed E-state index contributed by atoms with van der Waals surface area (Å²) in [6.45, 7) is 0.0983. The van der Waals surface area contributed by atoms with Crippen molar-refractivity contribution in [2.75, 3.05) is 6.61 Å². The summed E-state index contributed by atoms with van der Waals surface area (Å²) < 4.78 is 5.44. The number of carbonyl (C=O) groups is 1. The Balaban J connectivity index is 2.25. The van der Waals surface area contributed by atoms with Gasteiger partial charge in [0.25, 0.3) is 0 Å². The fourth-order valence-electron chi connectivity index (χ4n) is 3.10. The van der Waals surface area contributed by atoms with E-state index >= 15 is 0 Å². The highest BCUT2D eigenvalue weighted by Gasteiger charge is 2.24. The van der Waals surface area contributed by atoms with Gasteiger partial charge in [0.1, 0.15) is 6.61 Å². The molecule has 0 radical (unpaired) electrons. The molecule has 2 nitrogen and oxygen atoms in total. The fraction of sp³-hybridized carbons (Fsp3) is 0.130. The maximum absolute atomic E-state index is 11.7. The van der Waals surface area contributed by atoms with E-state index in [9.17, 15) is 4.79 Å². The maximum atomic E-state index is 11.7. The monoisotopic (exact) mass is 362 g/mol. The highest BCUT2D eigenvalue weighted by molar-refractivity contribution is 7.94. The van der Waals surface area contributed by atoms with Gasteiger partial charge in [0, 0.05) is 6.42 Å². The minimum Gasteiger partial charge on any atom is -0.461 e. The van der Waals surface area contributed by atoms with Crippen LogP contribution in [0, 0.1) is 0 Å². The van der Waals surface area contributed by atoms with Gasteiger partial charge >= 0.3 is 5.97 Å². The van der Waals surface area contributed by atoms with E-state index in [1.807, 2.05) is 25.1 Å². The summed E-state index contributed by atoms with van der Waals surface area (Å²) in [5.74, 6) is 2.04. The molecule has 0 aromatic heterocycles. The molecule has 3 rings (SSSR count). The molecule has 3 aromatic carbocycles. The van der Waals surface area contributed by atoms with Crippen molar-refractivity contribution in [3.8, 4) is 0 Å². The standard InChI is InChI=1S/C23H23O2P/c1-2-23(24)25-18-19-26(20-12-6-3-7-13-20,21-14-8-4-9-15-21)22-16-10-5-11-17-22/h3-17,19H,2,18H2,1H3. The topological polar surface area (TPSA) is 26.3 Å². The Hall–Kier alpha value is -2.57. The van der Waals surface area contributed by atoms with Gasteiger partial charge in [-0.3, -0.25) is 4.79 Å². The summed E-state index contributed by atoms with van der Waals surface area (Å²) in [4.78, 5) is 11.7. The van der Waals surface area contributed by atoms with Gasteiger partial charge in [-0.05, 0) is 28.6 Å². The van der Waals surface area contributed by atoms with Crippen molar-refractivity contribution in [3.05, 3.63) is 91.0 Å². The average Bonchev–Trinajstić information content (AvgIpc) is 2.73. The summed E-state index contributed by atoms with van der Waals surface area (Å²) in [6, 6.07) is 31.6. The minimum atomic E-state index is -2.02. The van der Waals surface area contributed by atoms with Gasteiger partial charge in [-0.1, -0.05) is 97.9 Å². The molecule has 0 heterocycles. The van der Waals surface area contributed by atoms with Gasteiger partial charge in [-0.15, -0.1) is 0 Å². The number of rotatable bonds is 6. The minimum absolute atomic E-state index is 0.173. The lowest BCUT2D eigenvalue weighted by Crippen LogP contribution is -2.28. The number of esters is 1. The summed E-state index contributed by atoms with van der Waals surface area (Å²) in [6.07, 6.45) is 0.390. The molecule has 132 valence electrons. The summed E-state index contributed by atoms with van der Waals surface area (Å²) >= 11 is 0. The third-order valence-corrected chi connectivity index (χ3v) is 8.41. The van der Waals surface area contributed by atoms with Crippen molar-refractivity contribution in [3.63, 3.8) is 0 Å². The number of ether oxygens (including phenoxy) is 1. The van der Waals surface area contributed by atoms with E-state index in [1.54, 1.807) is 0 Å². The van der Waals surface area contributed by atoms with Crippen LogP contribution < -0.4 is 15.9 Å². The van der Waals surface area contributed by atoms with Gasteiger partial charge in [0.2, 0.25) is 0 Å². The predicted octanol–water partition coefficient (Wildman–Crippen LogP) is 3.74. The van der Waals surface area contributed by atoms with Crippen LogP contribution in [-0.4, -0.2) is 18.4 Å². The van der Waals surface area contributed by atoms with Crippen molar-refractivity contribution in [1.29, 1.82) is 0 Å². The van der Waals surface area contributed by atoms with Crippen LogP contribution in [0.15, 0.2) is 91.0 Å². The van der Waals surface area contributed by atoms with Gasteiger partial charge in [0.15, 0.2) is 0 Å². The van der Waals surface area contributed by atoms with Crippen LogP contribution in [0.4, 0.5) is 0 Å². The lowest BCUT2D eigenvalue weighted by atomic mass is 10.4. The molecule has 0 saturated heterocycles. The molecule has 3 aromatic rings. The molecule has 0 saturated carbocycles. The molecule has 0 N–H and O–H groups in total.